The van der Waals surface area contributed by atoms with Gasteiger partial charge in [-0.15, -0.1) is 0 Å². The fourth-order valence-electron chi connectivity index (χ4n) is 0.823. The molecule has 0 aliphatic carbocycles. The summed E-state index contributed by atoms with van der Waals surface area (Å²) < 4.78 is 24.9. The molecule has 0 aliphatic rings. The van der Waals surface area contributed by atoms with E-state index in [2.05, 4.69) is 0 Å². The highest BCUT2D eigenvalue weighted by Gasteiger charge is 2.03. The molecule has 0 bridgehead atoms. The minimum Gasteiger partial charge on any atom is -0.369 e. The highest BCUT2D eigenvalue weighted by molar-refractivity contribution is 5.86. The van der Waals surface area contributed by atoms with Crippen LogP contribution in [-0.4, -0.2) is 5.91 Å². The van der Waals surface area contributed by atoms with Crippen LogP contribution < -0.4 is 5.73 Å². The van der Waals surface area contributed by atoms with E-state index in [1.165, 1.54) is 0 Å². The van der Waals surface area contributed by atoms with Gasteiger partial charge in [0.15, 0.2) is 0 Å². The third-order valence-corrected chi connectivity index (χ3v) is 1.19. The maximum Gasteiger partial charge on any atom is 0.226 e. The molecule has 0 heterocycles. The van der Waals surface area contributed by atoms with Crippen LogP contribution in [0.15, 0.2) is 18.2 Å². The van der Waals surface area contributed by atoms with Crippen LogP contribution in [0.5, 0.6) is 0 Å². The third kappa shape index (κ3) is 2.30. The molecule has 2 nitrogen and oxygen atoms in total. The maximum atomic E-state index is 12.5. The Bertz CT molecular complexity index is 292. The molecule has 0 saturated carbocycles. The molecule has 0 aromatic heterocycles. The number of carbonyl (C=O) groups is 1. The first-order valence-electron chi connectivity index (χ1n) is 3.18. The Labute approximate surface area is 68.0 Å². The van der Waals surface area contributed by atoms with E-state index >= 15 is 0 Å². The van der Waals surface area contributed by atoms with E-state index < -0.39 is 17.5 Å². The van der Waals surface area contributed by atoms with Crippen LogP contribution >= 0.6 is 0 Å². The molecule has 12 heavy (non-hydrogen) atoms. The number of hydrogen-bond acceptors (Lipinski definition) is 1. The topological polar surface area (TPSA) is 43.1 Å². The summed E-state index contributed by atoms with van der Waals surface area (Å²) in [4.78, 5) is 10.3. The summed E-state index contributed by atoms with van der Waals surface area (Å²) in [7, 11) is 0. The fourth-order valence-corrected chi connectivity index (χ4v) is 0.823. The molecular formula is C8H6F2NO. The van der Waals surface area contributed by atoms with E-state index in [-0.39, 0.29) is 5.56 Å². The standard InChI is InChI=1S/C8H6F2NO/c9-6-1-5(3-8(11)12)2-7(10)4-6/h1-4H,(H2,11,12). The molecule has 1 aromatic rings. The second kappa shape index (κ2) is 3.30. The lowest BCUT2D eigenvalue weighted by Gasteiger charge is -1.97. The molecule has 1 amide bonds. The summed E-state index contributed by atoms with van der Waals surface area (Å²) in [5, 5.41) is 0. The summed E-state index contributed by atoms with van der Waals surface area (Å²) in [5.41, 5.74) is 4.91. The molecule has 63 valence electrons. The Hall–Kier alpha value is -1.45. The zero-order valence-electron chi connectivity index (χ0n) is 6.05. The molecule has 0 fully saturated rings. The number of rotatable bonds is 2. The first-order chi connectivity index (χ1) is 5.58. The fraction of sp³-hybridized carbons (Fsp3) is 0. The van der Waals surface area contributed by atoms with E-state index in [0.29, 0.717) is 0 Å². The van der Waals surface area contributed by atoms with Gasteiger partial charge < -0.3 is 5.73 Å². The summed E-state index contributed by atoms with van der Waals surface area (Å²) in [6, 6.07) is 2.76. The smallest absolute Gasteiger partial charge is 0.226 e. The van der Waals surface area contributed by atoms with Crippen molar-refractivity contribution in [2.24, 2.45) is 5.73 Å². The Morgan fingerprint density at radius 3 is 2.17 bits per heavy atom. The first kappa shape index (κ1) is 8.64. The predicted octanol–water partition coefficient (Wildman–Crippen LogP) is 1.00. The third-order valence-electron chi connectivity index (χ3n) is 1.19. The Morgan fingerprint density at radius 2 is 1.75 bits per heavy atom. The summed E-state index contributed by atoms with van der Waals surface area (Å²) in [6.45, 7) is 0. The van der Waals surface area contributed by atoms with Gasteiger partial charge in [0.2, 0.25) is 5.91 Å². The molecule has 0 saturated heterocycles. The van der Waals surface area contributed by atoms with Gasteiger partial charge >= 0.3 is 0 Å². The number of carbonyl (C=O) groups excluding carboxylic acids is 1. The van der Waals surface area contributed by atoms with Gasteiger partial charge in [-0.25, -0.2) is 8.78 Å². The molecule has 0 atom stereocenters. The van der Waals surface area contributed by atoms with Gasteiger partial charge in [-0.2, -0.15) is 0 Å². The van der Waals surface area contributed by atoms with E-state index in [9.17, 15) is 13.6 Å². The Kier molecular flexibility index (Phi) is 2.38. The highest BCUT2D eigenvalue weighted by atomic mass is 19.1. The van der Waals surface area contributed by atoms with E-state index in [4.69, 9.17) is 5.73 Å². The van der Waals surface area contributed by atoms with Crippen molar-refractivity contribution >= 4 is 5.91 Å². The van der Waals surface area contributed by atoms with Gasteiger partial charge in [-0.1, -0.05) is 0 Å². The van der Waals surface area contributed by atoms with Crippen LogP contribution in [0.2, 0.25) is 0 Å². The van der Waals surface area contributed by atoms with Crippen LogP contribution in [0, 0.1) is 18.1 Å². The van der Waals surface area contributed by atoms with Crippen molar-refractivity contribution in [1.29, 1.82) is 0 Å². The monoisotopic (exact) mass is 170 g/mol. The van der Waals surface area contributed by atoms with Gasteiger partial charge in [0.25, 0.3) is 0 Å². The largest absolute Gasteiger partial charge is 0.369 e. The summed E-state index contributed by atoms with van der Waals surface area (Å²) >= 11 is 0. The molecule has 1 radical (unpaired) electrons. The minimum atomic E-state index is -0.736. The van der Waals surface area contributed by atoms with Crippen molar-refractivity contribution in [3.8, 4) is 0 Å². The number of hydrogen-bond donors (Lipinski definition) is 1. The number of nitrogens with two attached hydrogens (primary N) is 1. The van der Waals surface area contributed by atoms with Crippen LogP contribution in [0.1, 0.15) is 5.56 Å². The zero-order chi connectivity index (χ0) is 9.14. The van der Waals surface area contributed by atoms with E-state index in [0.717, 1.165) is 24.6 Å². The first-order valence-corrected chi connectivity index (χ1v) is 3.18. The lowest BCUT2D eigenvalue weighted by atomic mass is 10.1. The van der Waals surface area contributed by atoms with Crippen molar-refractivity contribution in [2.45, 2.75) is 0 Å². The minimum absolute atomic E-state index is 0.125. The summed E-state index contributed by atoms with van der Waals surface area (Å²) in [6.07, 6.45) is 0.951. The Balaban J connectivity index is 2.93. The molecular weight excluding hydrogens is 164 g/mol. The molecule has 1 aromatic carbocycles. The molecule has 1 rings (SSSR count). The van der Waals surface area contributed by atoms with Crippen molar-refractivity contribution < 1.29 is 13.6 Å². The van der Waals surface area contributed by atoms with Crippen molar-refractivity contribution in [3.63, 3.8) is 0 Å². The van der Waals surface area contributed by atoms with E-state index in [1.807, 2.05) is 0 Å². The predicted molar refractivity (Wildman–Crippen MR) is 39.0 cm³/mol. The van der Waals surface area contributed by atoms with Crippen LogP contribution in [0.25, 0.3) is 0 Å². The maximum absolute atomic E-state index is 12.5. The SMILES string of the molecule is NC(=O)[CH]c1cc(F)cc(F)c1. The van der Waals surface area contributed by atoms with Crippen LogP contribution in [0.3, 0.4) is 0 Å². The number of halogens is 2. The molecule has 0 aliphatic heterocycles. The highest BCUT2D eigenvalue weighted by Crippen LogP contribution is 2.09. The van der Waals surface area contributed by atoms with Gasteiger partial charge in [0.05, 0.1) is 6.42 Å². The number of benzene rings is 1. The van der Waals surface area contributed by atoms with Gasteiger partial charge in [-0.05, 0) is 17.7 Å². The molecule has 0 spiro atoms. The molecule has 2 N–H and O–H groups in total. The van der Waals surface area contributed by atoms with Gasteiger partial charge in [0, 0.05) is 6.07 Å². The zero-order valence-corrected chi connectivity index (χ0v) is 6.05. The van der Waals surface area contributed by atoms with Crippen LogP contribution in [0.4, 0.5) is 8.78 Å². The van der Waals surface area contributed by atoms with Crippen molar-refractivity contribution in [2.75, 3.05) is 0 Å². The average Bonchev–Trinajstić information content (AvgIpc) is 1.81. The molecule has 4 heteroatoms. The van der Waals surface area contributed by atoms with Gasteiger partial charge in [-0.3, -0.25) is 4.79 Å². The lowest BCUT2D eigenvalue weighted by molar-refractivity contribution is -0.114. The lowest BCUT2D eigenvalue weighted by Crippen LogP contribution is -2.11. The number of amides is 1. The van der Waals surface area contributed by atoms with Crippen molar-refractivity contribution in [3.05, 3.63) is 41.8 Å². The average molecular weight is 170 g/mol. The second-order valence-corrected chi connectivity index (χ2v) is 2.25. The summed E-state index contributed by atoms with van der Waals surface area (Å²) in [5.74, 6) is -2.20. The normalized spacial score (nSPS) is 9.83. The van der Waals surface area contributed by atoms with Gasteiger partial charge in [0.1, 0.15) is 11.6 Å². The van der Waals surface area contributed by atoms with Crippen LogP contribution in [-0.2, 0) is 4.79 Å². The Morgan fingerprint density at radius 1 is 1.25 bits per heavy atom. The second-order valence-electron chi connectivity index (χ2n) is 2.25. The van der Waals surface area contributed by atoms with Crippen molar-refractivity contribution in [1.82, 2.24) is 0 Å². The number of primary amides is 1. The molecule has 0 unspecified atom stereocenters. The quantitative estimate of drug-likeness (QED) is 0.706. The van der Waals surface area contributed by atoms with E-state index in [1.54, 1.807) is 0 Å².